The Morgan fingerprint density at radius 3 is 1.71 bits per heavy atom. The van der Waals surface area contributed by atoms with Gasteiger partial charge in [-0.05, 0) is 28.7 Å². The lowest BCUT2D eigenvalue weighted by Crippen LogP contribution is -1.81. The van der Waals surface area contributed by atoms with Gasteiger partial charge in [0.15, 0.2) is 0 Å². The number of benzene rings is 2. The SMILES string of the molecule is O=[N+]([O-])O.c1ccc2c(c1)Cc1ccccc1-2. The van der Waals surface area contributed by atoms with Crippen molar-refractivity contribution in [1.29, 1.82) is 0 Å². The van der Waals surface area contributed by atoms with Crippen molar-refractivity contribution in [1.82, 2.24) is 0 Å². The summed E-state index contributed by atoms with van der Waals surface area (Å²) in [5.41, 5.74) is 5.75. The Balaban J connectivity index is 0.000000239. The summed E-state index contributed by atoms with van der Waals surface area (Å²) in [5, 5.41) is 13.6. The number of hydrogen-bond donors (Lipinski definition) is 1. The Morgan fingerprint density at radius 2 is 1.29 bits per heavy atom. The van der Waals surface area contributed by atoms with Crippen LogP contribution >= 0.6 is 0 Å². The summed E-state index contributed by atoms with van der Waals surface area (Å²) < 4.78 is 0. The first-order chi connectivity index (χ1) is 8.18. The molecule has 0 fully saturated rings. The fraction of sp³-hybridized carbons (Fsp3) is 0.0769. The molecule has 0 saturated heterocycles. The first kappa shape index (κ1) is 11.1. The fourth-order valence-corrected chi connectivity index (χ4v) is 2.08. The fourth-order valence-electron chi connectivity index (χ4n) is 2.08. The average molecular weight is 229 g/mol. The molecule has 0 amide bonds. The van der Waals surface area contributed by atoms with E-state index in [0.29, 0.717) is 0 Å². The molecule has 2 aromatic carbocycles. The maximum absolute atomic E-state index is 8.36. The molecule has 0 spiro atoms. The molecule has 2 aromatic rings. The monoisotopic (exact) mass is 229 g/mol. The van der Waals surface area contributed by atoms with Gasteiger partial charge in [-0.3, -0.25) is 0 Å². The Labute approximate surface area is 98.3 Å². The summed E-state index contributed by atoms with van der Waals surface area (Å²) in [6.07, 6.45) is 1.10. The van der Waals surface area contributed by atoms with Crippen LogP contribution < -0.4 is 0 Å². The number of fused-ring (bicyclic) bond motifs is 3. The zero-order valence-electron chi connectivity index (χ0n) is 9.04. The van der Waals surface area contributed by atoms with E-state index in [4.69, 9.17) is 15.3 Å². The second kappa shape index (κ2) is 4.65. The summed E-state index contributed by atoms with van der Waals surface area (Å²) in [4.78, 5) is 8.36. The molecule has 0 aliphatic heterocycles. The smallest absolute Gasteiger partial charge is 0.291 e. The minimum atomic E-state index is -1.50. The topological polar surface area (TPSA) is 63.4 Å². The lowest BCUT2D eigenvalue weighted by molar-refractivity contribution is -0.742. The van der Waals surface area contributed by atoms with Gasteiger partial charge in [-0.2, -0.15) is 0 Å². The van der Waals surface area contributed by atoms with Crippen molar-refractivity contribution in [2.75, 3.05) is 0 Å². The Kier molecular flexibility index (Phi) is 3.05. The van der Waals surface area contributed by atoms with Crippen LogP contribution in [0.4, 0.5) is 0 Å². The van der Waals surface area contributed by atoms with E-state index in [9.17, 15) is 0 Å². The van der Waals surface area contributed by atoms with Gasteiger partial charge < -0.3 is 5.21 Å². The van der Waals surface area contributed by atoms with Crippen LogP contribution in [0.2, 0.25) is 0 Å². The van der Waals surface area contributed by atoms with Crippen LogP contribution in [0.5, 0.6) is 0 Å². The second-order valence-electron chi connectivity index (χ2n) is 3.73. The van der Waals surface area contributed by atoms with E-state index in [1.54, 1.807) is 0 Å². The lowest BCUT2D eigenvalue weighted by Gasteiger charge is -1.98. The van der Waals surface area contributed by atoms with Crippen LogP contribution in [0.1, 0.15) is 11.1 Å². The maximum Gasteiger partial charge on any atom is 0.291 e. The highest BCUT2D eigenvalue weighted by Crippen LogP contribution is 2.35. The largest absolute Gasteiger partial charge is 0.328 e. The quantitative estimate of drug-likeness (QED) is 0.476. The molecule has 1 N–H and O–H groups in total. The third-order valence-corrected chi connectivity index (χ3v) is 2.71. The van der Waals surface area contributed by atoms with Crippen molar-refractivity contribution >= 4 is 0 Å². The maximum atomic E-state index is 8.36. The molecule has 0 radical (unpaired) electrons. The average Bonchev–Trinajstić information content (AvgIpc) is 2.66. The van der Waals surface area contributed by atoms with Gasteiger partial charge in [0, 0.05) is 0 Å². The van der Waals surface area contributed by atoms with Crippen molar-refractivity contribution in [3.05, 3.63) is 69.8 Å². The van der Waals surface area contributed by atoms with Crippen molar-refractivity contribution < 1.29 is 10.3 Å². The normalized spacial score (nSPS) is 10.8. The van der Waals surface area contributed by atoms with Crippen LogP contribution in [0.25, 0.3) is 11.1 Å². The molecule has 1 aliphatic carbocycles. The Bertz CT molecular complexity index is 504. The zero-order valence-corrected chi connectivity index (χ0v) is 9.04. The Morgan fingerprint density at radius 1 is 0.941 bits per heavy atom. The van der Waals surface area contributed by atoms with Gasteiger partial charge in [0.1, 0.15) is 0 Å². The molecule has 0 saturated carbocycles. The van der Waals surface area contributed by atoms with Crippen LogP contribution in [-0.2, 0) is 6.42 Å². The summed E-state index contributed by atoms with van der Waals surface area (Å²) in [7, 11) is 0. The molecule has 0 bridgehead atoms. The molecule has 0 unspecified atom stereocenters. The summed E-state index contributed by atoms with van der Waals surface area (Å²) >= 11 is 0. The number of nitrogens with zero attached hydrogens (tertiary/aromatic N) is 1. The van der Waals surface area contributed by atoms with Gasteiger partial charge in [0.2, 0.25) is 0 Å². The predicted molar refractivity (Wildman–Crippen MR) is 63.5 cm³/mol. The van der Waals surface area contributed by atoms with Gasteiger partial charge in [-0.25, -0.2) is 0 Å². The molecular formula is C13H11NO3. The van der Waals surface area contributed by atoms with Crippen molar-refractivity contribution in [2.24, 2.45) is 0 Å². The first-order valence-electron chi connectivity index (χ1n) is 5.18. The molecule has 0 aromatic heterocycles. The summed E-state index contributed by atoms with van der Waals surface area (Å²) in [6.45, 7) is 0. The predicted octanol–water partition coefficient (Wildman–Crippen LogP) is 2.91. The molecule has 0 heterocycles. The highest BCUT2D eigenvalue weighted by atomic mass is 16.9. The van der Waals surface area contributed by atoms with Crippen LogP contribution in [0.15, 0.2) is 48.5 Å². The van der Waals surface area contributed by atoms with E-state index in [1.165, 1.54) is 22.3 Å². The van der Waals surface area contributed by atoms with E-state index in [1.807, 2.05) is 0 Å². The van der Waals surface area contributed by atoms with Gasteiger partial charge in [-0.15, -0.1) is 10.1 Å². The molecule has 4 heteroatoms. The summed E-state index contributed by atoms with van der Waals surface area (Å²) in [6, 6.07) is 17.3. The zero-order chi connectivity index (χ0) is 12.3. The molecule has 17 heavy (non-hydrogen) atoms. The minimum Gasteiger partial charge on any atom is -0.328 e. The highest BCUT2D eigenvalue weighted by Gasteiger charge is 2.15. The van der Waals surface area contributed by atoms with Crippen LogP contribution in [0.3, 0.4) is 0 Å². The molecule has 0 atom stereocenters. The molecule has 1 aliphatic rings. The third-order valence-electron chi connectivity index (χ3n) is 2.71. The van der Waals surface area contributed by atoms with Gasteiger partial charge in [0.05, 0.1) is 0 Å². The van der Waals surface area contributed by atoms with E-state index < -0.39 is 5.09 Å². The Hall–Kier alpha value is -2.36. The van der Waals surface area contributed by atoms with E-state index >= 15 is 0 Å². The third kappa shape index (κ3) is 2.42. The first-order valence-corrected chi connectivity index (χ1v) is 5.18. The van der Waals surface area contributed by atoms with Crippen molar-refractivity contribution in [3.63, 3.8) is 0 Å². The van der Waals surface area contributed by atoms with Crippen molar-refractivity contribution in [3.8, 4) is 11.1 Å². The highest BCUT2D eigenvalue weighted by molar-refractivity contribution is 5.76. The van der Waals surface area contributed by atoms with Gasteiger partial charge in [0.25, 0.3) is 5.09 Å². The lowest BCUT2D eigenvalue weighted by atomic mass is 10.1. The van der Waals surface area contributed by atoms with E-state index in [0.717, 1.165) is 6.42 Å². The minimum absolute atomic E-state index is 1.10. The standard InChI is InChI=1S/C13H10.HNO3/c1-3-7-12-10(5-1)9-11-6-2-4-8-13(11)12;2-1(3)4/h1-8H,9H2;(H,2,3,4). The second-order valence-corrected chi connectivity index (χ2v) is 3.73. The van der Waals surface area contributed by atoms with E-state index in [-0.39, 0.29) is 0 Å². The number of hydrogen-bond acceptors (Lipinski definition) is 2. The van der Waals surface area contributed by atoms with Crippen molar-refractivity contribution in [2.45, 2.75) is 6.42 Å². The van der Waals surface area contributed by atoms with E-state index in [2.05, 4.69) is 48.5 Å². The molecule has 4 nitrogen and oxygen atoms in total. The van der Waals surface area contributed by atoms with Gasteiger partial charge >= 0.3 is 0 Å². The van der Waals surface area contributed by atoms with Crippen LogP contribution in [-0.4, -0.2) is 10.3 Å². The molecule has 86 valence electrons. The number of rotatable bonds is 0. The van der Waals surface area contributed by atoms with Crippen LogP contribution in [0, 0.1) is 10.1 Å². The molecular weight excluding hydrogens is 218 g/mol. The van der Waals surface area contributed by atoms with Gasteiger partial charge in [-0.1, -0.05) is 48.5 Å². The summed E-state index contributed by atoms with van der Waals surface area (Å²) in [5.74, 6) is 0. The molecule has 3 rings (SSSR count).